The minimum Gasteiger partial charge on any atom is -0.103 e. The molecule has 2 bridgehead atoms. The molecular formula is C12H18. The standard InChI is InChI=1S/C12H18/c1-4-12(2,3)11-8-9-5-6-10(11)7-9/h4-6,9-11H,1,7-8H2,2-3H3. The summed E-state index contributed by atoms with van der Waals surface area (Å²) in [5, 5.41) is 0. The first-order valence-electron chi connectivity index (χ1n) is 4.95. The van der Waals surface area contributed by atoms with Crippen LogP contribution >= 0.6 is 0 Å². The highest BCUT2D eigenvalue weighted by Crippen LogP contribution is 2.51. The fraction of sp³-hybridized carbons (Fsp3) is 0.667. The Kier molecular flexibility index (Phi) is 1.67. The molecule has 0 aromatic heterocycles. The SMILES string of the molecule is C=CC(C)(C)C1CC2C=CC1C2. The highest BCUT2D eigenvalue weighted by atomic mass is 14.5. The van der Waals surface area contributed by atoms with E-state index in [1.807, 2.05) is 0 Å². The molecule has 3 unspecified atom stereocenters. The lowest BCUT2D eigenvalue weighted by Crippen LogP contribution is -2.24. The Bertz CT molecular complexity index is 222. The summed E-state index contributed by atoms with van der Waals surface area (Å²) >= 11 is 0. The van der Waals surface area contributed by atoms with E-state index in [-0.39, 0.29) is 0 Å². The molecule has 0 aromatic carbocycles. The lowest BCUT2D eigenvalue weighted by atomic mass is 9.72. The van der Waals surface area contributed by atoms with Crippen molar-refractivity contribution < 1.29 is 0 Å². The molecule has 2 rings (SSSR count). The van der Waals surface area contributed by atoms with E-state index in [0.29, 0.717) is 5.41 Å². The van der Waals surface area contributed by atoms with Crippen LogP contribution in [0.15, 0.2) is 24.8 Å². The molecule has 0 heteroatoms. The van der Waals surface area contributed by atoms with E-state index in [1.54, 1.807) is 0 Å². The summed E-state index contributed by atoms with van der Waals surface area (Å²) in [4.78, 5) is 0. The van der Waals surface area contributed by atoms with Crippen molar-refractivity contribution in [1.29, 1.82) is 0 Å². The van der Waals surface area contributed by atoms with Crippen molar-refractivity contribution in [3.05, 3.63) is 24.8 Å². The zero-order valence-electron chi connectivity index (χ0n) is 8.09. The second-order valence-corrected chi connectivity index (χ2v) is 4.91. The van der Waals surface area contributed by atoms with Gasteiger partial charge in [0.1, 0.15) is 0 Å². The normalized spacial score (nSPS) is 39.0. The van der Waals surface area contributed by atoms with Gasteiger partial charge >= 0.3 is 0 Å². The molecule has 0 radical (unpaired) electrons. The Balaban J connectivity index is 2.17. The number of rotatable bonds is 2. The van der Waals surface area contributed by atoms with Crippen LogP contribution in [0, 0.1) is 23.2 Å². The Morgan fingerprint density at radius 2 is 2.08 bits per heavy atom. The fourth-order valence-electron chi connectivity index (χ4n) is 2.79. The summed E-state index contributed by atoms with van der Waals surface area (Å²) in [6, 6.07) is 0. The van der Waals surface area contributed by atoms with Gasteiger partial charge in [-0.2, -0.15) is 0 Å². The van der Waals surface area contributed by atoms with Gasteiger partial charge in [0.25, 0.3) is 0 Å². The summed E-state index contributed by atoms with van der Waals surface area (Å²) in [6.07, 6.45) is 9.75. The minimum absolute atomic E-state index is 0.337. The molecule has 1 saturated carbocycles. The predicted molar refractivity (Wildman–Crippen MR) is 52.8 cm³/mol. The van der Waals surface area contributed by atoms with Crippen LogP contribution in [0.25, 0.3) is 0 Å². The van der Waals surface area contributed by atoms with Gasteiger partial charge in [0.2, 0.25) is 0 Å². The Labute approximate surface area is 75.4 Å². The average molecular weight is 162 g/mol. The minimum atomic E-state index is 0.337. The van der Waals surface area contributed by atoms with Gasteiger partial charge in [0.05, 0.1) is 0 Å². The van der Waals surface area contributed by atoms with Crippen LogP contribution in [0.1, 0.15) is 26.7 Å². The van der Waals surface area contributed by atoms with Crippen LogP contribution < -0.4 is 0 Å². The van der Waals surface area contributed by atoms with Crippen molar-refractivity contribution >= 4 is 0 Å². The van der Waals surface area contributed by atoms with Crippen LogP contribution in [0.5, 0.6) is 0 Å². The molecule has 0 N–H and O–H groups in total. The van der Waals surface area contributed by atoms with E-state index in [1.165, 1.54) is 12.8 Å². The quantitative estimate of drug-likeness (QED) is 0.546. The van der Waals surface area contributed by atoms with Crippen LogP contribution in [0.3, 0.4) is 0 Å². The smallest absolute Gasteiger partial charge is 0.0143 e. The molecule has 0 aliphatic heterocycles. The van der Waals surface area contributed by atoms with Crippen LogP contribution in [0.4, 0.5) is 0 Å². The largest absolute Gasteiger partial charge is 0.103 e. The molecule has 2 aliphatic rings. The van der Waals surface area contributed by atoms with Gasteiger partial charge in [-0.25, -0.2) is 0 Å². The first-order valence-corrected chi connectivity index (χ1v) is 4.95. The molecule has 2 aliphatic carbocycles. The molecule has 0 nitrogen and oxygen atoms in total. The lowest BCUT2D eigenvalue weighted by molar-refractivity contribution is 0.242. The van der Waals surface area contributed by atoms with Crippen molar-refractivity contribution in [2.45, 2.75) is 26.7 Å². The summed E-state index contributed by atoms with van der Waals surface area (Å²) in [5.74, 6) is 2.59. The molecule has 0 amide bonds. The van der Waals surface area contributed by atoms with Gasteiger partial charge in [0, 0.05) is 0 Å². The summed E-state index contributed by atoms with van der Waals surface area (Å²) in [5.41, 5.74) is 0.337. The van der Waals surface area contributed by atoms with Gasteiger partial charge in [-0.3, -0.25) is 0 Å². The van der Waals surface area contributed by atoms with Crippen LogP contribution in [-0.4, -0.2) is 0 Å². The van der Waals surface area contributed by atoms with Crippen molar-refractivity contribution in [1.82, 2.24) is 0 Å². The third-order valence-electron chi connectivity index (χ3n) is 3.76. The van der Waals surface area contributed by atoms with Crippen molar-refractivity contribution in [3.63, 3.8) is 0 Å². The van der Waals surface area contributed by atoms with Crippen LogP contribution in [-0.2, 0) is 0 Å². The molecule has 66 valence electrons. The van der Waals surface area contributed by atoms with E-state index in [0.717, 1.165) is 17.8 Å². The zero-order valence-corrected chi connectivity index (χ0v) is 8.09. The molecule has 12 heavy (non-hydrogen) atoms. The topological polar surface area (TPSA) is 0 Å². The molecule has 0 heterocycles. The van der Waals surface area contributed by atoms with Gasteiger partial charge in [0.15, 0.2) is 0 Å². The van der Waals surface area contributed by atoms with E-state index < -0.39 is 0 Å². The third-order valence-corrected chi connectivity index (χ3v) is 3.76. The van der Waals surface area contributed by atoms with Gasteiger partial charge in [-0.15, -0.1) is 6.58 Å². The molecular weight excluding hydrogens is 144 g/mol. The highest BCUT2D eigenvalue weighted by Gasteiger charge is 2.42. The predicted octanol–water partition coefficient (Wildman–Crippen LogP) is 3.41. The monoisotopic (exact) mass is 162 g/mol. The number of hydrogen-bond donors (Lipinski definition) is 0. The number of hydrogen-bond acceptors (Lipinski definition) is 0. The summed E-state index contributed by atoms with van der Waals surface area (Å²) in [7, 11) is 0. The average Bonchev–Trinajstić information content (AvgIpc) is 2.64. The molecule has 0 spiro atoms. The number of fused-ring (bicyclic) bond motifs is 2. The third kappa shape index (κ3) is 1.05. The Morgan fingerprint density at radius 1 is 1.33 bits per heavy atom. The van der Waals surface area contributed by atoms with E-state index >= 15 is 0 Å². The van der Waals surface area contributed by atoms with E-state index in [4.69, 9.17) is 0 Å². The van der Waals surface area contributed by atoms with Gasteiger partial charge in [-0.05, 0) is 36.0 Å². The fourth-order valence-corrected chi connectivity index (χ4v) is 2.79. The zero-order chi connectivity index (χ0) is 8.77. The maximum absolute atomic E-state index is 3.94. The Morgan fingerprint density at radius 3 is 2.50 bits per heavy atom. The highest BCUT2D eigenvalue weighted by molar-refractivity contribution is 5.14. The molecule has 3 atom stereocenters. The molecule has 0 saturated heterocycles. The second-order valence-electron chi connectivity index (χ2n) is 4.91. The first-order chi connectivity index (χ1) is 5.63. The summed E-state index contributed by atoms with van der Waals surface area (Å²) < 4.78 is 0. The van der Waals surface area contributed by atoms with Crippen molar-refractivity contribution in [2.24, 2.45) is 23.2 Å². The van der Waals surface area contributed by atoms with Crippen molar-refractivity contribution in [2.75, 3.05) is 0 Å². The van der Waals surface area contributed by atoms with Crippen molar-refractivity contribution in [3.8, 4) is 0 Å². The molecule has 0 aromatic rings. The lowest BCUT2D eigenvalue weighted by Gasteiger charge is -2.32. The van der Waals surface area contributed by atoms with E-state index in [2.05, 4.69) is 38.7 Å². The maximum Gasteiger partial charge on any atom is -0.0143 e. The number of allylic oxidation sites excluding steroid dienone is 3. The van der Waals surface area contributed by atoms with Gasteiger partial charge in [-0.1, -0.05) is 32.1 Å². The maximum atomic E-state index is 3.94. The van der Waals surface area contributed by atoms with E-state index in [9.17, 15) is 0 Å². The van der Waals surface area contributed by atoms with Gasteiger partial charge < -0.3 is 0 Å². The first kappa shape index (κ1) is 8.10. The second kappa shape index (κ2) is 2.48. The molecule has 1 fully saturated rings. The van der Waals surface area contributed by atoms with Crippen LogP contribution in [0.2, 0.25) is 0 Å². The Hall–Kier alpha value is -0.520. The summed E-state index contributed by atoms with van der Waals surface area (Å²) in [6.45, 7) is 8.57.